The molecule has 13 rings (SSSR count). The van der Waals surface area contributed by atoms with E-state index >= 15 is 8.78 Å². The average Bonchev–Trinajstić information content (AvgIpc) is 3.72. The summed E-state index contributed by atoms with van der Waals surface area (Å²) in [5.74, 6) is -1.16. The number of halogens is 2. The van der Waals surface area contributed by atoms with Crippen molar-refractivity contribution in [3.05, 3.63) is 142 Å². The van der Waals surface area contributed by atoms with Crippen molar-refractivity contribution in [2.75, 3.05) is 0 Å². The van der Waals surface area contributed by atoms with E-state index in [1.807, 2.05) is 97.1 Å². The predicted molar refractivity (Wildman–Crippen MR) is 207 cm³/mol. The zero-order valence-electron chi connectivity index (χ0n) is 26.9. The minimum absolute atomic E-state index is 0.218. The third-order valence-electron chi connectivity index (χ3n) is 11.5. The van der Waals surface area contributed by atoms with Crippen LogP contribution in [0.25, 0.3) is 120 Å². The fourth-order valence-electron chi connectivity index (χ4n) is 9.41. The van der Waals surface area contributed by atoms with Gasteiger partial charge in [-0.15, -0.1) is 0 Å². The maximum absolute atomic E-state index is 16.8. The highest BCUT2D eigenvalue weighted by Crippen LogP contribution is 2.47. The SMILES string of the molecule is O=c1c2cc(F)c3c4ccc5c6c(cc(F)c(c7ccc(c2c73)c2[nH]c3cc7ccccc7cc3n12)c46)c(=O)n1c2cc3ccccc3cc2[nH]c51. The third kappa shape index (κ3) is 2.92. The van der Waals surface area contributed by atoms with Crippen LogP contribution in [0.5, 0.6) is 0 Å². The molecule has 0 bridgehead atoms. The van der Waals surface area contributed by atoms with E-state index in [2.05, 4.69) is 9.97 Å². The first-order chi connectivity index (χ1) is 25.4. The van der Waals surface area contributed by atoms with Gasteiger partial charge in [0.25, 0.3) is 11.1 Å². The lowest BCUT2D eigenvalue weighted by Crippen LogP contribution is -2.14. The van der Waals surface area contributed by atoms with E-state index in [0.717, 1.165) is 43.4 Å². The minimum atomic E-state index is -0.579. The lowest BCUT2D eigenvalue weighted by atomic mass is 9.85. The smallest absolute Gasteiger partial charge is 0.264 e. The van der Waals surface area contributed by atoms with Crippen LogP contribution in [0.2, 0.25) is 0 Å². The molecule has 9 aromatic carbocycles. The molecule has 0 amide bonds. The highest BCUT2D eigenvalue weighted by molar-refractivity contribution is 6.41. The van der Waals surface area contributed by atoms with E-state index in [1.54, 1.807) is 8.80 Å². The van der Waals surface area contributed by atoms with Gasteiger partial charge >= 0.3 is 0 Å². The van der Waals surface area contributed by atoms with Crippen molar-refractivity contribution in [2.24, 2.45) is 0 Å². The Hall–Kier alpha value is -7.06. The Morgan fingerprint density at radius 3 is 1.21 bits per heavy atom. The first kappa shape index (κ1) is 26.8. The fraction of sp³-hybridized carbons (Fsp3) is 0. The lowest BCUT2D eigenvalue weighted by Gasteiger charge is -2.19. The van der Waals surface area contributed by atoms with E-state index in [4.69, 9.17) is 0 Å². The van der Waals surface area contributed by atoms with Crippen LogP contribution in [-0.2, 0) is 0 Å². The van der Waals surface area contributed by atoms with Gasteiger partial charge in [-0.1, -0.05) is 72.8 Å². The zero-order valence-corrected chi connectivity index (χ0v) is 26.9. The molecular formula is C44H20F2N4O2. The van der Waals surface area contributed by atoms with Gasteiger partial charge in [-0.3, -0.25) is 18.4 Å². The fourth-order valence-corrected chi connectivity index (χ4v) is 9.41. The number of imidazole rings is 2. The molecule has 0 fully saturated rings. The molecule has 4 heterocycles. The van der Waals surface area contributed by atoms with Crippen molar-refractivity contribution in [2.45, 2.75) is 0 Å². The summed E-state index contributed by atoms with van der Waals surface area (Å²) < 4.78 is 36.8. The number of H-pyrrole nitrogens is 2. The largest absolute Gasteiger partial charge is 0.339 e. The van der Waals surface area contributed by atoms with Crippen molar-refractivity contribution >= 4 is 120 Å². The van der Waals surface area contributed by atoms with Crippen LogP contribution in [0.3, 0.4) is 0 Å². The number of fused-ring (bicyclic) bond motifs is 12. The Morgan fingerprint density at radius 2 is 0.788 bits per heavy atom. The molecule has 52 heavy (non-hydrogen) atoms. The van der Waals surface area contributed by atoms with Gasteiger partial charge in [0.2, 0.25) is 0 Å². The minimum Gasteiger partial charge on any atom is -0.339 e. The van der Waals surface area contributed by atoms with E-state index in [0.29, 0.717) is 65.4 Å². The molecule has 0 aliphatic heterocycles. The molecule has 0 atom stereocenters. The topological polar surface area (TPSA) is 74.5 Å². The standard InChI is InChI=1S/C44H20F2N4O2/c45-29-17-27-35-25(41-47-31-13-19-5-1-3-7-21(19)15-33(31)49(41)43(27)51)11-9-23-38-30(46)18-28-36-26(12-10-24(40(36)38)37(29)39(23)35)42-48-32-14-20-6-2-4-8-22(20)16-34(32)50(42)44(28)52/h1-18,47-48H. The van der Waals surface area contributed by atoms with Crippen LogP contribution in [0.1, 0.15) is 0 Å². The summed E-state index contributed by atoms with van der Waals surface area (Å²) >= 11 is 0. The molecule has 13 aromatic rings. The summed E-state index contributed by atoms with van der Waals surface area (Å²) in [5, 5.41) is 9.59. The molecule has 2 N–H and O–H groups in total. The van der Waals surface area contributed by atoms with Crippen LogP contribution >= 0.6 is 0 Å². The van der Waals surface area contributed by atoms with Crippen LogP contribution in [0, 0.1) is 11.6 Å². The van der Waals surface area contributed by atoms with Gasteiger partial charge in [0, 0.05) is 43.1 Å². The molecule has 4 aromatic heterocycles. The molecule has 0 aliphatic rings. The number of aromatic nitrogens is 4. The number of pyridine rings is 2. The number of rotatable bonds is 0. The quantitative estimate of drug-likeness (QED) is 0.124. The Kier molecular flexibility index (Phi) is 4.44. The molecule has 242 valence electrons. The molecule has 8 heteroatoms. The van der Waals surface area contributed by atoms with Gasteiger partial charge in [0.1, 0.15) is 22.9 Å². The summed E-state index contributed by atoms with van der Waals surface area (Å²) in [7, 11) is 0. The van der Waals surface area contributed by atoms with Crippen molar-refractivity contribution in [1.82, 2.24) is 18.8 Å². The maximum atomic E-state index is 16.8. The monoisotopic (exact) mass is 674 g/mol. The van der Waals surface area contributed by atoms with Gasteiger partial charge in [-0.25, -0.2) is 8.78 Å². The molecule has 0 saturated heterocycles. The average molecular weight is 675 g/mol. The number of nitrogens with zero attached hydrogens (tertiary/aromatic N) is 2. The molecule has 6 nitrogen and oxygen atoms in total. The van der Waals surface area contributed by atoms with Crippen molar-refractivity contribution in [1.29, 1.82) is 0 Å². The van der Waals surface area contributed by atoms with E-state index < -0.39 is 11.6 Å². The second-order valence-corrected chi connectivity index (χ2v) is 14.0. The zero-order chi connectivity index (χ0) is 34.3. The van der Waals surface area contributed by atoms with Gasteiger partial charge in [-0.2, -0.15) is 0 Å². The van der Waals surface area contributed by atoms with Crippen molar-refractivity contribution in [3.8, 4) is 0 Å². The molecule has 0 unspecified atom stereocenters. The lowest BCUT2D eigenvalue weighted by molar-refractivity contribution is 0.640. The van der Waals surface area contributed by atoms with Gasteiger partial charge < -0.3 is 9.97 Å². The van der Waals surface area contributed by atoms with Crippen LogP contribution < -0.4 is 11.1 Å². The Morgan fingerprint density at radius 1 is 0.404 bits per heavy atom. The molecule has 0 saturated carbocycles. The first-order valence-corrected chi connectivity index (χ1v) is 17.1. The Bertz CT molecular complexity index is 3690. The maximum Gasteiger partial charge on any atom is 0.264 e. The van der Waals surface area contributed by atoms with E-state index in [9.17, 15) is 9.59 Å². The van der Waals surface area contributed by atoms with Gasteiger partial charge in [0.05, 0.1) is 32.8 Å². The van der Waals surface area contributed by atoms with Crippen LogP contribution in [0.4, 0.5) is 8.78 Å². The summed E-state index contributed by atoms with van der Waals surface area (Å²) in [5.41, 5.74) is 3.41. The van der Waals surface area contributed by atoms with Gasteiger partial charge in [-0.05, 0) is 68.7 Å². The van der Waals surface area contributed by atoms with Crippen LogP contribution in [-0.4, -0.2) is 18.8 Å². The van der Waals surface area contributed by atoms with Gasteiger partial charge in [0.15, 0.2) is 0 Å². The second kappa shape index (κ2) is 8.62. The highest BCUT2D eigenvalue weighted by Gasteiger charge is 2.27. The molecule has 0 radical (unpaired) electrons. The number of nitrogens with one attached hydrogen (secondary N) is 2. The number of hydrogen-bond donors (Lipinski definition) is 2. The number of aromatic amines is 2. The number of hydrogen-bond acceptors (Lipinski definition) is 2. The number of benzene rings is 9. The molecule has 0 spiro atoms. The van der Waals surface area contributed by atoms with Crippen LogP contribution in [0.15, 0.2) is 119 Å². The Labute approximate surface area is 288 Å². The molecule has 0 aliphatic carbocycles. The first-order valence-electron chi connectivity index (χ1n) is 17.1. The normalized spacial score (nSPS) is 13.0. The summed E-state index contributed by atoms with van der Waals surface area (Å²) in [6.07, 6.45) is 0. The third-order valence-corrected chi connectivity index (χ3v) is 11.5. The summed E-state index contributed by atoms with van der Waals surface area (Å²) in [6.45, 7) is 0. The summed E-state index contributed by atoms with van der Waals surface area (Å²) in [4.78, 5) is 35.7. The van der Waals surface area contributed by atoms with E-state index in [-0.39, 0.29) is 21.9 Å². The summed E-state index contributed by atoms with van der Waals surface area (Å²) in [6, 6.07) is 33.9. The van der Waals surface area contributed by atoms with E-state index in [1.165, 1.54) is 12.1 Å². The van der Waals surface area contributed by atoms with Crippen molar-refractivity contribution < 1.29 is 8.78 Å². The Balaban J connectivity index is 1.23. The highest BCUT2D eigenvalue weighted by atomic mass is 19.1. The van der Waals surface area contributed by atoms with Crippen molar-refractivity contribution in [3.63, 3.8) is 0 Å². The molecular weight excluding hydrogens is 655 g/mol. The second-order valence-electron chi connectivity index (χ2n) is 14.0. The predicted octanol–water partition coefficient (Wildman–Crippen LogP) is 10.3.